The number of nitrogens with zero attached hydrogens (tertiary/aromatic N) is 1. The minimum absolute atomic E-state index is 0.00345. The average molecular weight is 413 g/mol. The molecule has 0 aliphatic carbocycles. The first-order chi connectivity index (χ1) is 12.8. The third kappa shape index (κ3) is 7.09. The minimum Gasteiger partial charge on any atom is -0.495 e. The van der Waals surface area contributed by atoms with Gasteiger partial charge in [0.05, 0.1) is 25.1 Å². The Labute approximate surface area is 164 Å². The molecule has 0 aromatic heterocycles. The van der Waals surface area contributed by atoms with Crippen molar-refractivity contribution in [3.8, 4) is 11.5 Å². The number of anilines is 1. The van der Waals surface area contributed by atoms with E-state index in [1.54, 1.807) is 60.5 Å². The van der Waals surface area contributed by atoms with Gasteiger partial charge in [-0.25, -0.2) is 0 Å². The lowest BCUT2D eigenvalue weighted by atomic mass is 10.3. The van der Waals surface area contributed by atoms with Crippen LogP contribution in [0.5, 0.6) is 11.5 Å². The summed E-state index contributed by atoms with van der Waals surface area (Å²) in [5.41, 5.74) is 0.448. The predicted molar refractivity (Wildman–Crippen MR) is 105 cm³/mol. The number of para-hydroxylation sites is 1. The molecule has 0 atom stereocenters. The van der Waals surface area contributed by atoms with Crippen LogP contribution in [-0.4, -0.2) is 52.2 Å². The Morgan fingerprint density at radius 1 is 1.19 bits per heavy atom. The van der Waals surface area contributed by atoms with Crippen molar-refractivity contribution in [2.45, 2.75) is 0 Å². The molecule has 0 radical (unpaired) electrons. The molecule has 0 aliphatic heterocycles. The van der Waals surface area contributed by atoms with Crippen LogP contribution >= 0.6 is 11.6 Å². The summed E-state index contributed by atoms with van der Waals surface area (Å²) in [5, 5.41) is 3.16. The number of nitrogens with one attached hydrogen (secondary N) is 1. The zero-order valence-corrected chi connectivity index (χ0v) is 16.6. The number of amides is 1. The molecule has 0 saturated carbocycles. The van der Waals surface area contributed by atoms with Crippen molar-refractivity contribution in [1.82, 2.24) is 4.90 Å². The number of methoxy groups -OCH3 is 1. The van der Waals surface area contributed by atoms with E-state index >= 15 is 0 Å². The zero-order chi connectivity index (χ0) is 19.9. The molecular weight excluding hydrogens is 392 g/mol. The molecule has 0 spiro atoms. The lowest BCUT2D eigenvalue weighted by Gasteiger charge is -2.17. The van der Waals surface area contributed by atoms with E-state index in [-0.39, 0.29) is 30.5 Å². The number of likely N-dealkylation sites (N-methyl/N-ethyl adjacent to an activating group) is 1. The number of halogens is 1. The first-order valence-corrected chi connectivity index (χ1v) is 10.0. The van der Waals surface area contributed by atoms with Gasteiger partial charge in [0.25, 0.3) is 0 Å². The van der Waals surface area contributed by atoms with Gasteiger partial charge in [0.15, 0.2) is 0 Å². The number of rotatable bonds is 9. The van der Waals surface area contributed by atoms with E-state index in [0.29, 0.717) is 16.5 Å². The highest BCUT2D eigenvalue weighted by Gasteiger charge is 2.16. The van der Waals surface area contributed by atoms with Crippen LogP contribution in [0, 0.1) is 0 Å². The topological polar surface area (TPSA) is 84.9 Å². The van der Waals surface area contributed by atoms with Gasteiger partial charge in [0.1, 0.15) is 11.5 Å². The first kappa shape index (κ1) is 21.0. The van der Waals surface area contributed by atoms with Crippen LogP contribution in [0.3, 0.4) is 0 Å². The van der Waals surface area contributed by atoms with Gasteiger partial charge in [-0.15, -0.1) is 0 Å². The van der Waals surface area contributed by atoms with E-state index in [0.717, 1.165) is 0 Å². The quantitative estimate of drug-likeness (QED) is 0.637. The summed E-state index contributed by atoms with van der Waals surface area (Å²) >= 11 is 5.93. The fraction of sp³-hybridized carbons (Fsp3) is 0.278. The Kier molecular flexibility index (Phi) is 7.46. The van der Waals surface area contributed by atoms with E-state index in [4.69, 9.17) is 20.5 Å². The van der Waals surface area contributed by atoms with Crippen molar-refractivity contribution in [2.75, 3.05) is 38.3 Å². The number of hydrogen-bond acceptors (Lipinski definition) is 6. The Bertz CT molecular complexity index is 875. The van der Waals surface area contributed by atoms with Gasteiger partial charge in [-0.1, -0.05) is 29.8 Å². The van der Waals surface area contributed by atoms with E-state index in [2.05, 4.69) is 5.32 Å². The highest BCUT2D eigenvalue weighted by molar-refractivity contribution is 7.87. The van der Waals surface area contributed by atoms with Gasteiger partial charge >= 0.3 is 10.1 Å². The maximum atomic E-state index is 12.2. The van der Waals surface area contributed by atoms with Crippen molar-refractivity contribution < 1.29 is 22.1 Å². The predicted octanol–water partition coefficient (Wildman–Crippen LogP) is 2.63. The van der Waals surface area contributed by atoms with E-state index in [9.17, 15) is 13.2 Å². The molecule has 0 fully saturated rings. The third-order valence-corrected chi connectivity index (χ3v) is 4.90. The Morgan fingerprint density at radius 3 is 2.56 bits per heavy atom. The Hall–Kier alpha value is -2.29. The second-order valence-corrected chi connectivity index (χ2v) is 7.92. The van der Waals surface area contributed by atoms with Crippen LogP contribution in [0.15, 0.2) is 48.5 Å². The smallest absolute Gasteiger partial charge is 0.310 e. The molecule has 9 heteroatoms. The normalized spacial score (nSPS) is 11.3. The highest BCUT2D eigenvalue weighted by Crippen LogP contribution is 2.27. The fourth-order valence-corrected chi connectivity index (χ4v) is 3.42. The second-order valence-electron chi connectivity index (χ2n) is 5.79. The molecule has 0 heterocycles. The van der Waals surface area contributed by atoms with Crippen LogP contribution < -0.4 is 14.2 Å². The number of benzene rings is 2. The minimum atomic E-state index is -3.75. The highest BCUT2D eigenvalue weighted by atomic mass is 35.5. The molecule has 1 amide bonds. The number of carbonyl (C=O) groups is 1. The summed E-state index contributed by atoms with van der Waals surface area (Å²) < 4.78 is 34.2. The van der Waals surface area contributed by atoms with Gasteiger partial charge in [-0.3, -0.25) is 9.69 Å². The fourth-order valence-electron chi connectivity index (χ4n) is 2.22. The van der Waals surface area contributed by atoms with Crippen LogP contribution in [0.2, 0.25) is 5.02 Å². The summed E-state index contributed by atoms with van der Waals surface area (Å²) in [6.45, 7) is 0.131. The van der Waals surface area contributed by atoms with Crippen LogP contribution in [-0.2, 0) is 14.9 Å². The van der Waals surface area contributed by atoms with Crippen molar-refractivity contribution in [2.24, 2.45) is 0 Å². The molecule has 2 aromatic rings. The Balaban J connectivity index is 1.85. The third-order valence-electron chi connectivity index (χ3n) is 3.54. The Morgan fingerprint density at radius 2 is 1.89 bits per heavy atom. The molecule has 0 unspecified atom stereocenters. The average Bonchev–Trinajstić information content (AvgIpc) is 2.61. The molecule has 1 N–H and O–H groups in total. The van der Waals surface area contributed by atoms with E-state index < -0.39 is 10.1 Å². The largest absolute Gasteiger partial charge is 0.495 e. The summed E-state index contributed by atoms with van der Waals surface area (Å²) in [6, 6.07) is 13.1. The monoisotopic (exact) mass is 412 g/mol. The van der Waals surface area contributed by atoms with Crippen molar-refractivity contribution in [3.05, 3.63) is 53.6 Å². The second kappa shape index (κ2) is 9.59. The number of carbonyl (C=O) groups excluding carboxylic acids is 1. The summed E-state index contributed by atoms with van der Waals surface area (Å²) in [7, 11) is -0.617. The molecule has 2 rings (SSSR count). The lowest BCUT2D eigenvalue weighted by molar-refractivity contribution is -0.117. The number of hydrogen-bond donors (Lipinski definition) is 1. The summed E-state index contributed by atoms with van der Waals surface area (Å²) in [4.78, 5) is 13.8. The molecule has 27 heavy (non-hydrogen) atoms. The van der Waals surface area contributed by atoms with Crippen molar-refractivity contribution in [1.29, 1.82) is 0 Å². The van der Waals surface area contributed by atoms with Crippen LogP contribution in [0.1, 0.15) is 0 Å². The number of ether oxygens (including phenoxy) is 1. The summed E-state index contributed by atoms with van der Waals surface area (Å²) in [5.74, 6) is 0.172. The molecule has 0 saturated heterocycles. The van der Waals surface area contributed by atoms with Gasteiger partial charge in [0.2, 0.25) is 5.91 Å². The maximum Gasteiger partial charge on any atom is 0.310 e. The summed E-state index contributed by atoms with van der Waals surface area (Å²) in [6.07, 6.45) is 0. The molecular formula is C18H21ClN2O5S. The standard InChI is InChI=1S/C18H21ClN2O5S/c1-21(10-11-27(23,24)26-15-6-4-3-5-7-15)13-18(22)20-16-12-14(19)8-9-17(16)25-2/h3-9,12H,10-11,13H2,1-2H3,(H,20,22). The van der Waals surface area contributed by atoms with Gasteiger partial charge < -0.3 is 14.2 Å². The molecule has 7 nitrogen and oxygen atoms in total. The van der Waals surface area contributed by atoms with E-state index in [1.165, 1.54) is 7.11 Å². The SMILES string of the molecule is COc1ccc(Cl)cc1NC(=O)CN(C)CCS(=O)(=O)Oc1ccccc1. The first-order valence-electron chi connectivity index (χ1n) is 8.08. The molecule has 146 valence electrons. The van der Waals surface area contributed by atoms with Gasteiger partial charge in [0, 0.05) is 11.6 Å². The molecule has 2 aromatic carbocycles. The zero-order valence-electron chi connectivity index (χ0n) is 15.0. The maximum absolute atomic E-state index is 12.2. The van der Waals surface area contributed by atoms with Crippen LogP contribution in [0.4, 0.5) is 5.69 Å². The van der Waals surface area contributed by atoms with Gasteiger partial charge in [-0.2, -0.15) is 8.42 Å². The van der Waals surface area contributed by atoms with Crippen molar-refractivity contribution >= 4 is 33.3 Å². The molecule has 0 aliphatic rings. The lowest BCUT2D eigenvalue weighted by Crippen LogP contribution is -2.34. The molecule has 0 bridgehead atoms. The van der Waals surface area contributed by atoms with Gasteiger partial charge in [-0.05, 0) is 37.4 Å². The van der Waals surface area contributed by atoms with Crippen molar-refractivity contribution in [3.63, 3.8) is 0 Å². The van der Waals surface area contributed by atoms with E-state index in [1.807, 2.05) is 0 Å². The van der Waals surface area contributed by atoms with Crippen LogP contribution in [0.25, 0.3) is 0 Å².